The molecule has 8 nitrogen and oxygen atoms in total. The van der Waals surface area contributed by atoms with Gasteiger partial charge in [-0.1, -0.05) is 30.0 Å². The average molecular weight is 517 g/mol. The van der Waals surface area contributed by atoms with E-state index in [0.717, 1.165) is 17.0 Å². The number of anilines is 2. The number of amides is 4. The highest BCUT2D eigenvalue weighted by molar-refractivity contribution is 6.21. The minimum Gasteiger partial charge on any atom is -0.382 e. The molecule has 0 saturated carbocycles. The molecule has 10 heteroatoms. The Hall–Kier alpha value is -4.62. The van der Waals surface area contributed by atoms with Gasteiger partial charge in [-0.2, -0.15) is 0 Å². The maximum atomic E-state index is 15.2. The largest absolute Gasteiger partial charge is 0.382 e. The summed E-state index contributed by atoms with van der Waals surface area (Å²) >= 11 is 0. The van der Waals surface area contributed by atoms with Crippen LogP contribution in [0.4, 0.5) is 25.0 Å². The Morgan fingerprint density at radius 1 is 0.974 bits per heavy atom. The molecule has 0 N–H and O–H groups in total. The number of halogens is 2. The van der Waals surface area contributed by atoms with Crippen LogP contribution in [0, 0.1) is 23.5 Å². The third-order valence-corrected chi connectivity index (χ3v) is 6.53. The summed E-state index contributed by atoms with van der Waals surface area (Å²) in [5.41, 5.74) is -1.28. The van der Waals surface area contributed by atoms with Crippen LogP contribution in [-0.4, -0.2) is 60.1 Å². The fourth-order valence-electron chi connectivity index (χ4n) is 4.82. The summed E-state index contributed by atoms with van der Waals surface area (Å²) in [6, 6.07) is 13.2. The number of imide groups is 1. The average Bonchev–Trinajstić information content (AvgIpc) is 2.91. The zero-order valence-electron chi connectivity index (χ0n) is 20.4. The zero-order chi connectivity index (χ0) is 26.9. The number of methoxy groups -OCH3 is 1. The lowest BCUT2D eigenvalue weighted by Gasteiger charge is -2.52. The quantitative estimate of drug-likeness (QED) is 0.497. The summed E-state index contributed by atoms with van der Waals surface area (Å²) in [6.45, 7) is -0.161. The molecule has 0 bridgehead atoms. The van der Waals surface area contributed by atoms with E-state index in [1.54, 1.807) is 42.6 Å². The van der Waals surface area contributed by atoms with E-state index < -0.39 is 47.1 Å². The van der Waals surface area contributed by atoms with Gasteiger partial charge in [-0.05, 0) is 36.4 Å². The number of fused-ring (bicyclic) bond motifs is 1. The van der Waals surface area contributed by atoms with Crippen molar-refractivity contribution in [2.45, 2.75) is 12.0 Å². The number of hydrogen-bond acceptors (Lipinski definition) is 5. The summed E-state index contributed by atoms with van der Waals surface area (Å²) in [4.78, 5) is 47.6. The van der Waals surface area contributed by atoms with Gasteiger partial charge in [0, 0.05) is 37.5 Å². The summed E-state index contributed by atoms with van der Waals surface area (Å²) in [5.74, 6) is 1.80. The second kappa shape index (κ2) is 10.0. The van der Waals surface area contributed by atoms with Gasteiger partial charge in [0.2, 0.25) is 5.91 Å². The van der Waals surface area contributed by atoms with Crippen LogP contribution < -0.4 is 9.80 Å². The van der Waals surface area contributed by atoms with Crippen LogP contribution in [0.2, 0.25) is 0 Å². The number of benzene rings is 2. The molecule has 2 aliphatic rings. The lowest BCUT2D eigenvalue weighted by Crippen LogP contribution is -2.75. The monoisotopic (exact) mass is 516 g/mol. The van der Waals surface area contributed by atoms with Crippen LogP contribution in [-0.2, 0) is 14.3 Å². The first kappa shape index (κ1) is 25.0. The van der Waals surface area contributed by atoms with Crippen LogP contribution >= 0.6 is 0 Å². The van der Waals surface area contributed by atoms with Crippen LogP contribution in [0.3, 0.4) is 0 Å². The molecule has 2 aromatic carbocycles. The number of nitrogens with zero attached hydrogens (tertiary/aromatic N) is 4. The Morgan fingerprint density at radius 2 is 1.68 bits per heavy atom. The predicted molar refractivity (Wildman–Crippen MR) is 134 cm³/mol. The van der Waals surface area contributed by atoms with Gasteiger partial charge < -0.3 is 14.5 Å². The molecular formula is C28H22F2N4O4. The summed E-state index contributed by atoms with van der Waals surface area (Å²) < 4.78 is 35.7. The standard InChI is InChI=1S/C28H22F2N4O4/c1-38-18-28-16-24(35)34(27(37)33(28)13-12-32(26(28)36)21-8-5-11-31-17-21)25-22(29)14-20(15-23(25)30)10-9-19-6-3-2-4-7-19/h2-8,11,14-15,17H,12-13,16,18H2,1H3/t28-/m1/s1. The van der Waals surface area contributed by atoms with Crippen LogP contribution in [0.25, 0.3) is 0 Å². The highest BCUT2D eigenvalue weighted by Gasteiger charge is 2.59. The van der Waals surface area contributed by atoms with E-state index in [9.17, 15) is 14.4 Å². The third kappa shape index (κ3) is 4.27. The Bertz CT molecular complexity index is 1450. The van der Waals surface area contributed by atoms with Gasteiger partial charge in [0.15, 0.2) is 17.2 Å². The van der Waals surface area contributed by atoms with Gasteiger partial charge in [-0.15, -0.1) is 0 Å². The van der Waals surface area contributed by atoms with E-state index in [0.29, 0.717) is 16.2 Å². The van der Waals surface area contributed by atoms with Crippen LogP contribution in [0.15, 0.2) is 67.0 Å². The molecule has 2 fully saturated rings. The first-order valence-corrected chi connectivity index (χ1v) is 11.8. The number of piperazine rings is 1. The lowest BCUT2D eigenvalue weighted by atomic mass is 9.86. The smallest absolute Gasteiger partial charge is 0.332 e. The van der Waals surface area contributed by atoms with Gasteiger partial charge in [0.25, 0.3) is 5.91 Å². The highest BCUT2D eigenvalue weighted by Crippen LogP contribution is 2.38. The maximum absolute atomic E-state index is 15.2. The molecule has 2 saturated heterocycles. The number of aromatic nitrogens is 1. The van der Waals surface area contributed by atoms with Gasteiger partial charge in [0.1, 0.15) is 5.69 Å². The van der Waals surface area contributed by atoms with Crippen LogP contribution in [0.5, 0.6) is 0 Å². The van der Waals surface area contributed by atoms with Crippen molar-refractivity contribution in [2.75, 3.05) is 36.6 Å². The van der Waals surface area contributed by atoms with Crippen molar-refractivity contribution in [3.05, 3.63) is 89.8 Å². The van der Waals surface area contributed by atoms with Gasteiger partial charge in [0.05, 0.1) is 24.9 Å². The fourth-order valence-corrected chi connectivity index (χ4v) is 4.82. The van der Waals surface area contributed by atoms with Crippen molar-refractivity contribution in [1.29, 1.82) is 0 Å². The molecule has 192 valence electrons. The predicted octanol–water partition coefficient (Wildman–Crippen LogP) is 3.35. The molecule has 0 spiro atoms. The van der Waals surface area contributed by atoms with Gasteiger partial charge >= 0.3 is 6.03 Å². The summed E-state index contributed by atoms with van der Waals surface area (Å²) in [7, 11) is 1.35. The first-order valence-electron chi connectivity index (χ1n) is 11.8. The number of carbonyl (C=O) groups is 3. The molecule has 4 amide bonds. The number of ether oxygens (including phenoxy) is 1. The highest BCUT2D eigenvalue weighted by atomic mass is 19.1. The third-order valence-electron chi connectivity index (χ3n) is 6.53. The zero-order valence-corrected chi connectivity index (χ0v) is 20.4. The molecule has 3 aromatic rings. The van der Waals surface area contributed by atoms with Crippen molar-refractivity contribution in [1.82, 2.24) is 9.88 Å². The number of rotatable bonds is 4. The normalized spacial score (nSPS) is 19.2. The molecule has 1 atom stereocenters. The summed E-state index contributed by atoms with van der Waals surface area (Å²) in [6.07, 6.45) is 2.54. The second-order valence-electron chi connectivity index (χ2n) is 8.88. The molecule has 0 radical (unpaired) electrons. The SMILES string of the molecule is COC[C@@]12CC(=O)N(c3c(F)cc(C#Cc4ccccc4)cc3F)C(=O)N1CCN(c1cccnc1)C2=O. The number of carbonyl (C=O) groups excluding carboxylic acids is 3. The summed E-state index contributed by atoms with van der Waals surface area (Å²) in [5, 5.41) is 0. The Balaban J connectivity index is 1.48. The van der Waals surface area contributed by atoms with Crippen LogP contribution in [0.1, 0.15) is 17.5 Å². The minimum absolute atomic E-state index is 0.0104. The van der Waals surface area contributed by atoms with Crippen molar-refractivity contribution in [3.63, 3.8) is 0 Å². The molecule has 5 rings (SSSR count). The molecule has 0 aliphatic carbocycles. The van der Waals surface area contributed by atoms with E-state index >= 15 is 8.78 Å². The van der Waals surface area contributed by atoms with Crippen molar-refractivity contribution < 1.29 is 27.9 Å². The lowest BCUT2D eigenvalue weighted by molar-refractivity contribution is -0.142. The first-order chi connectivity index (χ1) is 18.4. The fraction of sp³-hybridized carbons (Fsp3) is 0.214. The molecular weight excluding hydrogens is 494 g/mol. The molecule has 3 heterocycles. The Kier molecular flexibility index (Phi) is 6.61. The van der Waals surface area contributed by atoms with Crippen molar-refractivity contribution in [2.24, 2.45) is 0 Å². The Labute approximate surface area is 217 Å². The second-order valence-corrected chi connectivity index (χ2v) is 8.88. The van der Waals surface area contributed by atoms with Gasteiger partial charge in [-0.25, -0.2) is 18.5 Å². The maximum Gasteiger partial charge on any atom is 0.332 e. The number of pyridine rings is 1. The van der Waals surface area contributed by atoms with E-state index in [2.05, 4.69) is 16.8 Å². The number of hydrogen-bond donors (Lipinski definition) is 0. The molecule has 1 aromatic heterocycles. The molecule has 0 unspecified atom stereocenters. The molecule has 2 aliphatic heterocycles. The van der Waals surface area contributed by atoms with E-state index in [1.807, 2.05) is 6.07 Å². The van der Waals surface area contributed by atoms with Gasteiger partial charge in [-0.3, -0.25) is 14.6 Å². The minimum atomic E-state index is -1.67. The number of urea groups is 1. The van der Waals surface area contributed by atoms with Crippen molar-refractivity contribution in [3.8, 4) is 11.8 Å². The van der Waals surface area contributed by atoms with Crippen molar-refractivity contribution >= 4 is 29.2 Å². The topological polar surface area (TPSA) is 83.1 Å². The van der Waals surface area contributed by atoms with E-state index in [4.69, 9.17) is 4.74 Å². The Morgan fingerprint density at radius 3 is 2.34 bits per heavy atom. The van der Waals surface area contributed by atoms with E-state index in [1.165, 1.54) is 18.2 Å². The molecule has 38 heavy (non-hydrogen) atoms. The van der Waals surface area contributed by atoms with E-state index in [-0.39, 0.29) is 25.3 Å².